The van der Waals surface area contributed by atoms with Crippen molar-refractivity contribution in [2.75, 3.05) is 13.7 Å². The Kier molecular flexibility index (Phi) is 7.50. The first kappa shape index (κ1) is 23.4. The van der Waals surface area contributed by atoms with Crippen molar-refractivity contribution in [3.63, 3.8) is 0 Å². The molecule has 0 saturated heterocycles. The fraction of sp³-hybridized carbons (Fsp3) is 0.185. The highest BCUT2D eigenvalue weighted by Gasteiger charge is 2.13. The Balaban J connectivity index is 1.47. The number of nitrogens with zero attached hydrogens (tertiary/aromatic N) is 2. The lowest BCUT2D eigenvalue weighted by Gasteiger charge is -2.14. The van der Waals surface area contributed by atoms with E-state index in [1.54, 1.807) is 31.4 Å². The second-order valence-electron chi connectivity index (χ2n) is 7.68. The first-order valence-electron chi connectivity index (χ1n) is 11.0. The van der Waals surface area contributed by atoms with Crippen molar-refractivity contribution in [2.24, 2.45) is 0 Å². The monoisotopic (exact) mass is 475 g/mol. The third-order valence-corrected chi connectivity index (χ3v) is 5.68. The van der Waals surface area contributed by atoms with Crippen molar-refractivity contribution in [1.29, 1.82) is 0 Å². The summed E-state index contributed by atoms with van der Waals surface area (Å²) in [7, 11) is 1.63. The van der Waals surface area contributed by atoms with E-state index in [0.29, 0.717) is 35.2 Å². The standard InChI is InChI=1S/C27H26ClN3O3/c1-3-6-19-9-14-24(25(17-19)33-2)34-16-15-31-23-8-5-4-7-22(23)30-26(31)18-29-27(32)20-10-12-21(28)13-11-20/h3-5,7-14,17H,1,6,15-16,18H2,2H3,(H,29,32). The fourth-order valence-electron chi connectivity index (χ4n) is 3.74. The number of imidazole rings is 1. The van der Waals surface area contributed by atoms with Gasteiger partial charge in [0.25, 0.3) is 5.91 Å². The van der Waals surface area contributed by atoms with Crippen LogP contribution in [0.3, 0.4) is 0 Å². The number of hydrogen-bond donors (Lipinski definition) is 1. The molecule has 0 unspecified atom stereocenters. The third-order valence-electron chi connectivity index (χ3n) is 5.43. The van der Waals surface area contributed by atoms with Gasteiger partial charge in [-0.1, -0.05) is 35.9 Å². The van der Waals surface area contributed by atoms with Crippen LogP contribution in [0.15, 0.2) is 79.4 Å². The smallest absolute Gasteiger partial charge is 0.251 e. The molecule has 0 aliphatic carbocycles. The normalized spacial score (nSPS) is 10.8. The molecule has 0 atom stereocenters. The van der Waals surface area contributed by atoms with Crippen LogP contribution in [-0.4, -0.2) is 29.2 Å². The van der Waals surface area contributed by atoms with E-state index in [9.17, 15) is 4.79 Å². The van der Waals surface area contributed by atoms with Crippen molar-refractivity contribution in [3.8, 4) is 11.5 Å². The number of rotatable bonds is 10. The van der Waals surface area contributed by atoms with Gasteiger partial charge in [0.05, 0.1) is 31.2 Å². The average Bonchev–Trinajstić information content (AvgIpc) is 3.21. The zero-order valence-corrected chi connectivity index (χ0v) is 19.7. The molecule has 0 bridgehead atoms. The lowest BCUT2D eigenvalue weighted by molar-refractivity contribution is 0.0949. The summed E-state index contributed by atoms with van der Waals surface area (Å²) in [5.41, 5.74) is 3.50. The number of benzene rings is 3. The van der Waals surface area contributed by atoms with E-state index in [1.165, 1.54) is 0 Å². The second-order valence-corrected chi connectivity index (χ2v) is 8.12. The first-order valence-corrected chi connectivity index (χ1v) is 11.4. The van der Waals surface area contributed by atoms with Crippen molar-refractivity contribution >= 4 is 28.5 Å². The van der Waals surface area contributed by atoms with Crippen molar-refractivity contribution in [1.82, 2.24) is 14.9 Å². The maximum Gasteiger partial charge on any atom is 0.251 e. The van der Waals surface area contributed by atoms with Crippen molar-refractivity contribution in [2.45, 2.75) is 19.5 Å². The van der Waals surface area contributed by atoms with E-state index in [1.807, 2.05) is 48.5 Å². The fourth-order valence-corrected chi connectivity index (χ4v) is 3.87. The highest BCUT2D eigenvalue weighted by Crippen LogP contribution is 2.28. The highest BCUT2D eigenvalue weighted by atomic mass is 35.5. The number of aromatic nitrogens is 2. The van der Waals surface area contributed by atoms with Gasteiger partial charge in [0.2, 0.25) is 0 Å². The van der Waals surface area contributed by atoms with Gasteiger partial charge in [-0.2, -0.15) is 0 Å². The molecule has 1 aromatic heterocycles. The van der Waals surface area contributed by atoms with Crippen LogP contribution in [-0.2, 0) is 19.5 Å². The molecule has 1 amide bonds. The Morgan fingerprint density at radius 1 is 1.12 bits per heavy atom. The summed E-state index contributed by atoms with van der Waals surface area (Å²) in [6.45, 7) is 5.04. The molecule has 6 nitrogen and oxygen atoms in total. The van der Waals surface area contributed by atoms with Crippen LogP contribution < -0.4 is 14.8 Å². The van der Waals surface area contributed by atoms with Gasteiger partial charge in [-0.25, -0.2) is 4.98 Å². The Hall–Kier alpha value is -3.77. The van der Waals surface area contributed by atoms with Crippen molar-refractivity contribution in [3.05, 3.63) is 101 Å². The topological polar surface area (TPSA) is 65.4 Å². The molecule has 7 heteroatoms. The van der Waals surface area contributed by atoms with Crippen LogP contribution in [0.2, 0.25) is 5.02 Å². The molecule has 1 heterocycles. The van der Waals surface area contributed by atoms with Gasteiger partial charge in [0, 0.05) is 10.6 Å². The molecule has 0 saturated carbocycles. The van der Waals surface area contributed by atoms with Crippen LogP contribution in [0, 0.1) is 0 Å². The molecular formula is C27H26ClN3O3. The summed E-state index contributed by atoms with van der Waals surface area (Å²) < 4.78 is 13.6. The zero-order valence-electron chi connectivity index (χ0n) is 19.0. The summed E-state index contributed by atoms with van der Waals surface area (Å²) in [5, 5.41) is 3.53. The van der Waals surface area contributed by atoms with E-state index in [0.717, 1.165) is 28.8 Å². The number of allylic oxidation sites excluding steroid dienone is 1. The predicted molar refractivity (Wildman–Crippen MR) is 135 cm³/mol. The number of amides is 1. The maximum atomic E-state index is 12.6. The molecule has 0 aliphatic heterocycles. The van der Waals surface area contributed by atoms with E-state index in [2.05, 4.69) is 16.5 Å². The first-order chi connectivity index (χ1) is 16.6. The lowest BCUT2D eigenvalue weighted by Crippen LogP contribution is -2.25. The molecular weight excluding hydrogens is 450 g/mol. The minimum Gasteiger partial charge on any atom is -0.493 e. The number of fused-ring (bicyclic) bond motifs is 1. The van der Waals surface area contributed by atoms with Gasteiger partial charge in [-0.05, 0) is 60.5 Å². The van der Waals surface area contributed by atoms with E-state index in [4.69, 9.17) is 26.1 Å². The predicted octanol–water partition coefficient (Wildman–Crippen LogP) is 5.44. The summed E-state index contributed by atoms with van der Waals surface area (Å²) >= 11 is 5.92. The minimum atomic E-state index is -0.184. The Bertz CT molecular complexity index is 1300. The van der Waals surface area contributed by atoms with Gasteiger partial charge < -0.3 is 19.4 Å². The quantitative estimate of drug-likeness (QED) is 0.310. The van der Waals surface area contributed by atoms with Gasteiger partial charge in [-0.3, -0.25) is 4.79 Å². The largest absolute Gasteiger partial charge is 0.493 e. The van der Waals surface area contributed by atoms with Gasteiger partial charge >= 0.3 is 0 Å². The summed E-state index contributed by atoms with van der Waals surface area (Å²) in [4.78, 5) is 17.3. The van der Waals surface area contributed by atoms with Gasteiger partial charge in [-0.15, -0.1) is 6.58 Å². The van der Waals surface area contributed by atoms with Crippen LogP contribution in [0.1, 0.15) is 21.7 Å². The third kappa shape index (κ3) is 5.41. The number of halogens is 1. The molecule has 0 fully saturated rings. The highest BCUT2D eigenvalue weighted by molar-refractivity contribution is 6.30. The Morgan fingerprint density at radius 3 is 2.68 bits per heavy atom. The molecule has 174 valence electrons. The molecule has 1 N–H and O–H groups in total. The lowest BCUT2D eigenvalue weighted by atomic mass is 10.1. The maximum absolute atomic E-state index is 12.6. The van der Waals surface area contributed by atoms with Crippen molar-refractivity contribution < 1.29 is 14.3 Å². The van der Waals surface area contributed by atoms with E-state index >= 15 is 0 Å². The van der Waals surface area contributed by atoms with Gasteiger partial charge in [0.1, 0.15) is 12.4 Å². The van der Waals surface area contributed by atoms with E-state index in [-0.39, 0.29) is 12.5 Å². The average molecular weight is 476 g/mol. The summed E-state index contributed by atoms with van der Waals surface area (Å²) in [6.07, 6.45) is 2.62. The summed E-state index contributed by atoms with van der Waals surface area (Å²) in [5.74, 6) is 1.93. The number of carbonyl (C=O) groups excluding carboxylic acids is 1. The van der Waals surface area contributed by atoms with E-state index < -0.39 is 0 Å². The zero-order chi connectivity index (χ0) is 23.9. The molecule has 0 spiro atoms. The number of para-hydroxylation sites is 2. The number of hydrogen-bond acceptors (Lipinski definition) is 4. The number of nitrogens with one attached hydrogen (secondary N) is 1. The SMILES string of the molecule is C=CCc1ccc(OCCn2c(CNC(=O)c3ccc(Cl)cc3)nc3ccccc32)c(OC)c1. The van der Waals surface area contributed by atoms with Crippen LogP contribution in [0.5, 0.6) is 11.5 Å². The Morgan fingerprint density at radius 2 is 1.91 bits per heavy atom. The second kappa shape index (κ2) is 10.9. The minimum absolute atomic E-state index is 0.184. The molecule has 4 rings (SSSR count). The van der Waals surface area contributed by atoms with Gasteiger partial charge in [0.15, 0.2) is 11.5 Å². The van der Waals surface area contributed by atoms with Crippen LogP contribution in [0.4, 0.5) is 0 Å². The summed E-state index contributed by atoms with van der Waals surface area (Å²) in [6, 6.07) is 20.5. The number of carbonyl (C=O) groups is 1. The molecule has 0 aliphatic rings. The number of methoxy groups -OCH3 is 1. The molecule has 0 radical (unpaired) electrons. The number of ether oxygens (including phenoxy) is 2. The molecule has 3 aromatic carbocycles. The van der Waals surface area contributed by atoms with Crippen LogP contribution in [0.25, 0.3) is 11.0 Å². The Labute approximate surface area is 203 Å². The molecule has 4 aromatic rings. The van der Waals surface area contributed by atoms with Crippen LogP contribution >= 0.6 is 11.6 Å². The molecule has 34 heavy (non-hydrogen) atoms.